The van der Waals surface area contributed by atoms with E-state index in [-0.39, 0.29) is 0 Å². The smallest absolute Gasteiger partial charge is 0.00431 e. The molecule has 2 fully saturated rings. The van der Waals surface area contributed by atoms with Gasteiger partial charge in [-0.15, -0.1) is 0 Å². The van der Waals surface area contributed by atoms with Crippen molar-refractivity contribution < 1.29 is 0 Å². The zero-order chi connectivity index (χ0) is 8.82. The van der Waals surface area contributed by atoms with Crippen LogP contribution in [0, 0.1) is 16.7 Å². The molecule has 0 heterocycles. The lowest BCUT2D eigenvalue weighted by Crippen LogP contribution is -2.32. The Labute approximate surface area is 75.7 Å². The second kappa shape index (κ2) is 2.47. The Morgan fingerprint density at radius 2 is 1.92 bits per heavy atom. The third-order valence-corrected chi connectivity index (χ3v) is 4.54. The van der Waals surface area contributed by atoms with Gasteiger partial charge in [-0.3, -0.25) is 0 Å². The average molecular weight is 167 g/mol. The van der Waals surface area contributed by atoms with Crippen LogP contribution in [0.2, 0.25) is 0 Å². The number of rotatable bonds is 1. The van der Waals surface area contributed by atoms with Gasteiger partial charge in [0.05, 0.1) is 0 Å². The average Bonchev–Trinajstić information content (AvgIpc) is 2.72. The molecule has 12 heavy (non-hydrogen) atoms. The highest BCUT2D eigenvalue weighted by molar-refractivity contribution is 5.11. The highest BCUT2D eigenvalue weighted by atomic mass is 14.7. The Kier molecular flexibility index (Phi) is 1.76. The molecule has 1 spiro atoms. The van der Waals surface area contributed by atoms with Crippen molar-refractivity contribution in [1.82, 2.24) is 0 Å². The van der Waals surface area contributed by atoms with Gasteiger partial charge in [0.1, 0.15) is 0 Å². The largest absolute Gasteiger partial charge is 0.330 e. The van der Waals surface area contributed by atoms with Crippen molar-refractivity contribution in [3.63, 3.8) is 0 Å². The minimum atomic E-state index is 0.579. The van der Waals surface area contributed by atoms with Crippen molar-refractivity contribution in [2.75, 3.05) is 6.54 Å². The van der Waals surface area contributed by atoms with Crippen LogP contribution in [0.5, 0.6) is 0 Å². The van der Waals surface area contributed by atoms with Crippen molar-refractivity contribution in [3.05, 3.63) is 0 Å². The molecule has 2 aliphatic rings. The minimum absolute atomic E-state index is 0.579. The molecule has 2 aliphatic carbocycles. The zero-order valence-corrected chi connectivity index (χ0v) is 8.40. The molecule has 1 heteroatoms. The highest BCUT2D eigenvalue weighted by Gasteiger charge is 2.61. The molecule has 0 radical (unpaired) electrons. The first kappa shape index (κ1) is 8.55. The Hall–Kier alpha value is -0.0400. The molecule has 0 bridgehead atoms. The minimum Gasteiger partial charge on any atom is -0.330 e. The first-order valence-corrected chi connectivity index (χ1v) is 5.32. The molecule has 2 N–H and O–H groups in total. The summed E-state index contributed by atoms with van der Waals surface area (Å²) in [6.07, 6.45) is 7.16. The van der Waals surface area contributed by atoms with Gasteiger partial charge in [-0.2, -0.15) is 0 Å². The molecule has 2 rings (SSSR count). The molecule has 1 nitrogen and oxygen atoms in total. The topological polar surface area (TPSA) is 26.0 Å². The second-order valence-corrected chi connectivity index (χ2v) is 5.38. The van der Waals surface area contributed by atoms with Gasteiger partial charge >= 0.3 is 0 Å². The fourth-order valence-corrected chi connectivity index (χ4v) is 3.42. The fourth-order valence-electron chi connectivity index (χ4n) is 3.42. The van der Waals surface area contributed by atoms with Gasteiger partial charge in [0.25, 0.3) is 0 Å². The molecular formula is C11H21N. The van der Waals surface area contributed by atoms with Crippen LogP contribution in [-0.4, -0.2) is 6.54 Å². The molecule has 0 aromatic heterocycles. The quantitative estimate of drug-likeness (QED) is 0.638. The monoisotopic (exact) mass is 167 g/mol. The third kappa shape index (κ3) is 0.953. The molecule has 2 saturated carbocycles. The van der Waals surface area contributed by atoms with Crippen LogP contribution < -0.4 is 5.73 Å². The van der Waals surface area contributed by atoms with Gasteiger partial charge in [-0.25, -0.2) is 0 Å². The van der Waals surface area contributed by atoms with E-state index < -0.39 is 0 Å². The lowest BCUT2D eigenvalue weighted by molar-refractivity contribution is 0.0995. The van der Waals surface area contributed by atoms with Crippen molar-refractivity contribution >= 4 is 0 Å². The van der Waals surface area contributed by atoms with E-state index in [1.165, 1.54) is 32.1 Å². The van der Waals surface area contributed by atoms with Gasteiger partial charge in [0.2, 0.25) is 0 Å². The number of nitrogens with two attached hydrogens (primary N) is 1. The van der Waals surface area contributed by atoms with Crippen LogP contribution in [0.4, 0.5) is 0 Å². The van der Waals surface area contributed by atoms with Gasteiger partial charge in [0, 0.05) is 0 Å². The van der Waals surface area contributed by atoms with Crippen LogP contribution in [-0.2, 0) is 0 Å². The first-order valence-electron chi connectivity index (χ1n) is 5.32. The van der Waals surface area contributed by atoms with Gasteiger partial charge in [0.15, 0.2) is 0 Å². The molecular weight excluding hydrogens is 146 g/mol. The summed E-state index contributed by atoms with van der Waals surface area (Å²) < 4.78 is 0. The van der Waals surface area contributed by atoms with Crippen LogP contribution in [0.3, 0.4) is 0 Å². The fraction of sp³-hybridized carbons (Fsp3) is 1.00. The van der Waals surface area contributed by atoms with Crippen LogP contribution >= 0.6 is 0 Å². The van der Waals surface area contributed by atoms with E-state index in [0.717, 1.165) is 12.5 Å². The predicted octanol–water partition coefficient (Wildman–Crippen LogP) is 2.55. The Morgan fingerprint density at radius 1 is 1.25 bits per heavy atom. The highest BCUT2D eigenvalue weighted by Crippen LogP contribution is 2.69. The SMILES string of the molecule is CC1(C)CCCCC12CC2CN. The van der Waals surface area contributed by atoms with E-state index in [9.17, 15) is 0 Å². The summed E-state index contributed by atoms with van der Waals surface area (Å²) >= 11 is 0. The molecule has 0 amide bonds. The lowest BCUT2D eigenvalue weighted by Gasteiger charge is -2.40. The molecule has 0 saturated heterocycles. The zero-order valence-electron chi connectivity index (χ0n) is 8.40. The van der Waals surface area contributed by atoms with Crippen molar-refractivity contribution in [2.24, 2.45) is 22.5 Å². The normalized spacial score (nSPS) is 44.8. The Bertz CT molecular complexity index is 185. The Morgan fingerprint density at radius 3 is 2.42 bits per heavy atom. The van der Waals surface area contributed by atoms with E-state index in [4.69, 9.17) is 5.73 Å². The lowest BCUT2D eigenvalue weighted by atomic mass is 9.65. The summed E-state index contributed by atoms with van der Waals surface area (Å²) in [7, 11) is 0. The summed E-state index contributed by atoms with van der Waals surface area (Å²) in [5.74, 6) is 0.854. The van der Waals surface area contributed by atoms with Crippen LogP contribution in [0.25, 0.3) is 0 Å². The molecule has 0 aromatic rings. The van der Waals surface area contributed by atoms with Gasteiger partial charge in [-0.1, -0.05) is 26.7 Å². The first-order chi connectivity index (χ1) is 5.62. The maximum atomic E-state index is 5.76. The molecule has 70 valence electrons. The van der Waals surface area contributed by atoms with E-state index >= 15 is 0 Å². The molecule has 2 unspecified atom stereocenters. The Balaban J connectivity index is 2.13. The second-order valence-electron chi connectivity index (χ2n) is 5.38. The van der Waals surface area contributed by atoms with Gasteiger partial charge in [-0.05, 0) is 42.6 Å². The summed E-state index contributed by atoms with van der Waals surface area (Å²) in [6, 6.07) is 0. The molecule has 2 atom stereocenters. The van der Waals surface area contributed by atoms with E-state index in [1.807, 2.05) is 0 Å². The van der Waals surface area contributed by atoms with Gasteiger partial charge < -0.3 is 5.73 Å². The predicted molar refractivity (Wildman–Crippen MR) is 51.8 cm³/mol. The van der Waals surface area contributed by atoms with E-state index in [1.54, 1.807) is 0 Å². The standard InChI is InChI=1S/C11H21N/c1-10(2)5-3-4-6-11(10)7-9(11)8-12/h9H,3-8,12H2,1-2H3. The number of hydrogen-bond acceptors (Lipinski definition) is 1. The van der Waals surface area contributed by atoms with Crippen LogP contribution in [0.1, 0.15) is 46.0 Å². The molecule has 0 aromatic carbocycles. The van der Waals surface area contributed by atoms with Crippen molar-refractivity contribution in [3.8, 4) is 0 Å². The van der Waals surface area contributed by atoms with Crippen LogP contribution in [0.15, 0.2) is 0 Å². The summed E-state index contributed by atoms with van der Waals surface area (Å²) in [5, 5.41) is 0. The van der Waals surface area contributed by atoms with E-state index in [2.05, 4.69) is 13.8 Å². The maximum absolute atomic E-state index is 5.76. The summed E-state index contributed by atoms with van der Waals surface area (Å²) in [5.41, 5.74) is 7.01. The summed E-state index contributed by atoms with van der Waals surface area (Å²) in [4.78, 5) is 0. The maximum Gasteiger partial charge on any atom is -0.00431 e. The van der Waals surface area contributed by atoms with E-state index in [0.29, 0.717) is 10.8 Å². The van der Waals surface area contributed by atoms with Crippen molar-refractivity contribution in [2.45, 2.75) is 46.0 Å². The summed E-state index contributed by atoms with van der Waals surface area (Å²) in [6.45, 7) is 5.81. The number of hydrogen-bond donors (Lipinski definition) is 1. The molecule has 0 aliphatic heterocycles. The third-order valence-electron chi connectivity index (χ3n) is 4.54. The van der Waals surface area contributed by atoms with Crippen molar-refractivity contribution in [1.29, 1.82) is 0 Å².